The van der Waals surface area contributed by atoms with Gasteiger partial charge in [0, 0.05) is 10.0 Å². The Bertz CT molecular complexity index is 698. The van der Waals surface area contributed by atoms with Gasteiger partial charge in [0.2, 0.25) is 0 Å². The van der Waals surface area contributed by atoms with E-state index in [9.17, 15) is 4.79 Å². The van der Waals surface area contributed by atoms with Crippen LogP contribution < -0.4 is 15.2 Å². The van der Waals surface area contributed by atoms with Crippen LogP contribution >= 0.6 is 15.9 Å². The van der Waals surface area contributed by atoms with Gasteiger partial charge in [-0.3, -0.25) is 4.79 Å². The lowest BCUT2D eigenvalue weighted by Gasteiger charge is -2.11. The molecule has 4 nitrogen and oxygen atoms in total. The molecule has 0 fully saturated rings. The van der Waals surface area contributed by atoms with Crippen molar-refractivity contribution >= 4 is 27.4 Å². The third-order valence-corrected chi connectivity index (χ3v) is 4.08. The molecule has 0 atom stereocenters. The first kappa shape index (κ1) is 15.4. The van der Waals surface area contributed by atoms with Crippen LogP contribution in [0.1, 0.15) is 21.5 Å². The zero-order valence-electron chi connectivity index (χ0n) is 12.1. The van der Waals surface area contributed by atoms with E-state index in [1.165, 1.54) is 7.11 Å². The van der Waals surface area contributed by atoms with Gasteiger partial charge in [-0.2, -0.15) is 0 Å². The maximum absolute atomic E-state index is 12.7. The van der Waals surface area contributed by atoms with Crippen molar-refractivity contribution in [2.75, 3.05) is 20.0 Å². The second kappa shape index (κ2) is 6.18. The largest absolute Gasteiger partial charge is 0.496 e. The summed E-state index contributed by atoms with van der Waals surface area (Å²) in [5.74, 6) is 0.869. The van der Waals surface area contributed by atoms with Crippen LogP contribution in [-0.4, -0.2) is 20.0 Å². The first-order valence-corrected chi connectivity index (χ1v) is 7.09. The number of nitrogens with two attached hydrogens (primary N) is 1. The number of nitrogen functional groups attached to an aromatic ring is 1. The number of rotatable bonds is 4. The van der Waals surface area contributed by atoms with Crippen LogP contribution in [0, 0.1) is 6.92 Å². The summed E-state index contributed by atoms with van der Waals surface area (Å²) in [5.41, 5.74) is 8.24. The van der Waals surface area contributed by atoms with Crippen molar-refractivity contribution < 1.29 is 14.3 Å². The zero-order valence-corrected chi connectivity index (χ0v) is 13.7. The standard InChI is InChI=1S/C16H16BrNO3/c1-9-6-14(20-2)11(8-12(9)17)16(19)10-4-5-13(18)15(7-10)21-3/h4-8H,18H2,1-3H3. The number of hydrogen-bond acceptors (Lipinski definition) is 4. The van der Waals surface area contributed by atoms with Gasteiger partial charge < -0.3 is 15.2 Å². The molecule has 0 aromatic heterocycles. The van der Waals surface area contributed by atoms with Gasteiger partial charge in [-0.15, -0.1) is 0 Å². The number of hydrogen-bond donors (Lipinski definition) is 1. The number of halogens is 1. The average molecular weight is 350 g/mol. The monoisotopic (exact) mass is 349 g/mol. The summed E-state index contributed by atoms with van der Waals surface area (Å²) in [6, 6.07) is 8.55. The van der Waals surface area contributed by atoms with Gasteiger partial charge in [-0.25, -0.2) is 0 Å². The molecule has 2 N–H and O–H groups in total. The minimum Gasteiger partial charge on any atom is -0.496 e. The van der Waals surface area contributed by atoms with E-state index in [4.69, 9.17) is 15.2 Å². The zero-order chi connectivity index (χ0) is 15.6. The SMILES string of the molecule is COc1cc(C(=O)c2cc(Br)c(C)cc2OC)ccc1N. The lowest BCUT2D eigenvalue weighted by Crippen LogP contribution is -2.06. The lowest BCUT2D eigenvalue weighted by atomic mass is 10.0. The molecule has 0 aliphatic rings. The molecule has 5 heteroatoms. The molecule has 2 aromatic rings. The smallest absolute Gasteiger partial charge is 0.196 e. The van der Waals surface area contributed by atoms with Gasteiger partial charge in [0.25, 0.3) is 0 Å². The summed E-state index contributed by atoms with van der Waals surface area (Å²) < 4.78 is 11.3. The number of anilines is 1. The topological polar surface area (TPSA) is 61.5 Å². The molecule has 0 aliphatic carbocycles. The maximum atomic E-state index is 12.7. The van der Waals surface area contributed by atoms with Crippen LogP contribution in [0.2, 0.25) is 0 Å². The molecule has 0 heterocycles. The maximum Gasteiger partial charge on any atom is 0.196 e. The second-order valence-electron chi connectivity index (χ2n) is 4.59. The normalized spacial score (nSPS) is 10.3. The summed E-state index contributed by atoms with van der Waals surface area (Å²) in [7, 11) is 3.06. The van der Waals surface area contributed by atoms with E-state index < -0.39 is 0 Å². The number of ether oxygens (including phenoxy) is 2. The Kier molecular flexibility index (Phi) is 4.53. The second-order valence-corrected chi connectivity index (χ2v) is 5.44. The van der Waals surface area contributed by atoms with Crippen LogP contribution in [0.4, 0.5) is 5.69 Å². The molecule has 21 heavy (non-hydrogen) atoms. The molecule has 0 radical (unpaired) electrons. The summed E-state index contributed by atoms with van der Waals surface area (Å²) in [6.45, 7) is 1.94. The fourth-order valence-electron chi connectivity index (χ4n) is 2.01. The van der Waals surface area contributed by atoms with Gasteiger partial charge in [0.1, 0.15) is 11.5 Å². The van der Waals surface area contributed by atoms with E-state index in [1.54, 1.807) is 31.4 Å². The molecule has 0 amide bonds. The predicted octanol–water partition coefficient (Wildman–Crippen LogP) is 3.59. The molecular weight excluding hydrogens is 334 g/mol. The van der Waals surface area contributed by atoms with E-state index in [1.807, 2.05) is 13.0 Å². The quantitative estimate of drug-likeness (QED) is 0.676. The summed E-state index contributed by atoms with van der Waals surface area (Å²) >= 11 is 3.44. The fraction of sp³-hybridized carbons (Fsp3) is 0.188. The van der Waals surface area contributed by atoms with Gasteiger partial charge in [0.05, 0.1) is 25.5 Å². The van der Waals surface area contributed by atoms with Crippen molar-refractivity contribution in [3.63, 3.8) is 0 Å². The average Bonchev–Trinajstić information content (AvgIpc) is 2.49. The fourth-order valence-corrected chi connectivity index (χ4v) is 2.35. The van der Waals surface area contributed by atoms with Crippen molar-refractivity contribution in [3.05, 3.63) is 51.5 Å². The minimum absolute atomic E-state index is 0.147. The Morgan fingerprint density at radius 3 is 2.38 bits per heavy atom. The lowest BCUT2D eigenvalue weighted by molar-refractivity contribution is 0.103. The van der Waals surface area contributed by atoms with Gasteiger partial charge in [-0.05, 0) is 42.8 Å². The van der Waals surface area contributed by atoms with Crippen molar-refractivity contribution in [2.45, 2.75) is 6.92 Å². The first-order valence-electron chi connectivity index (χ1n) is 6.30. The highest BCUT2D eigenvalue weighted by molar-refractivity contribution is 9.10. The molecule has 0 unspecified atom stereocenters. The summed E-state index contributed by atoms with van der Waals surface area (Å²) in [5, 5.41) is 0. The van der Waals surface area contributed by atoms with Crippen LogP contribution in [-0.2, 0) is 0 Å². The molecule has 110 valence electrons. The van der Waals surface area contributed by atoms with Crippen LogP contribution in [0.25, 0.3) is 0 Å². The molecule has 0 saturated carbocycles. The highest BCUT2D eigenvalue weighted by Gasteiger charge is 2.17. The molecule has 0 saturated heterocycles. The van der Waals surface area contributed by atoms with E-state index >= 15 is 0 Å². The molecular formula is C16H16BrNO3. The van der Waals surface area contributed by atoms with Crippen molar-refractivity contribution in [3.8, 4) is 11.5 Å². The van der Waals surface area contributed by atoms with E-state index in [0.29, 0.717) is 28.3 Å². The number of methoxy groups -OCH3 is 2. The van der Waals surface area contributed by atoms with Crippen molar-refractivity contribution in [2.24, 2.45) is 0 Å². The number of aryl methyl sites for hydroxylation is 1. The number of benzene rings is 2. The van der Waals surface area contributed by atoms with Crippen LogP contribution in [0.15, 0.2) is 34.8 Å². The first-order chi connectivity index (χ1) is 9.97. The Morgan fingerprint density at radius 2 is 1.76 bits per heavy atom. The number of carbonyl (C=O) groups excluding carboxylic acids is 1. The van der Waals surface area contributed by atoms with Crippen molar-refractivity contribution in [1.82, 2.24) is 0 Å². The molecule has 0 spiro atoms. The Hall–Kier alpha value is -2.01. The summed E-state index contributed by atoms with van der Waals surface area (Å²) in [6.07, 6.45) is 0. The molecule has 0 aliphatic heterocycles. The minimum atomic E-state index is -0.147. The third kappa shape index (κ3) is 3.03. The predicted molar refractivity (Wildman–Crippen MR) is 86.3 cm³/mol. The highest BCUT2D eigenvalue weighted by atomic mass is 79.9. The Balaban J connectivity index is 2.52. The summed E-state index contributed by atoms with van der Waals surface area (Å²) in [4.78, 5) is 12.7. The highest BCUT2D eigenvalue weighted by Crippen LogP contribution is 2.30. The van der Waals surface area contributed by atoms with Gasteiger partial charge >= 0.3 is 0 Å². The van der Waals surface area contributed by atoms with Crippen molar-refractivity contribution in [1.29, 1.82) is 0 Å². The molecule has 2 rings (SSSR count). The Labute approximate surface area is 132 Å². The van der Waals surface area contributed by atoms with Gasteiger partial charge in [0.15, 0.2) is 5.78 Å². The van der Waals surface area contributed by atoms with Gasteiger partial charge in [-0.1, -0.05) is 15.9 Å². The Morgan fingerprint density at radius 1 is 1.10 bits per heavy atom. The van der Waals surface area contributed by atoms with E-state index in [0.717, 1.165) is 10.0 Å². The third-order valence-electron chi connectivity index (χ3n) is 3.22. The number of carbonyl (C=O) groups is 1. The van der Waals surface area contributed by atoms with E-state index in [-0.39, 0.29) is 5.78 Å². The number of ketones is 1. The van der Waals surface area contributed by atoms with Crippen LogP contribution in [0.5, 0.6) is 11.5 Å². The van der Waals surface area contributed by atoms with E-state index in [2.05, 4.69) is 15.9 Å². The van der Waals surface area contributed by atoms with Crippen LogP contribution in [0.3, 0.4) is 0 Å². The molecule has 2 aromatic carbocycles. The molecule has 0 bridgehead atoms.